The van der Waals surface area contributed by atoms with Crippen molar-refractivity contribution in [2.75, 3.05) is 13.7 Å². The molecule has 2 atom stereocenters. The number of carbonyl (C=O) groups excluding carboxylic acids is 1. The Morgan fingerprint density at radius 1 is 1.59 bits per heavy atom. The fourth-order valence-corrected chi connectivity index (χ4v) is 1.40. The van der Waals surface area contributed by atoms with Gasteiger partial charge in [0, 0.05) is 0 Å². The second-order valence-electron chi connectivity index (χ2n) is 3.53. The fourth-order valence-electron chi connectivity index (χ4n) is 1.40. The number of rotatable bonds is 4. The van der Waals surface area contributed by atoms with E-state index in [4.69, 9.17) is 14.7 Å². The predicted octanol–water partition coefficient (Wildman–Crippen LogP) is 1.14. The highest BCUT2D eigenvalue weighted by Crippen LogP contribution is 2.24. The molecule has 1 saturated heterocycles. The largest absolute Gasteiger partial charge is 0.472 e. The summed E-state index contributed by atoms with van der Waals surface area (Å²) in [6.07, 6.45) is -0.897. The summed E-state index contributed by atoms with van der Waals surface area (Å²) in [6.45, 7) is 0.513. The summed E-state index contributed by atoms with van der Waals surface area (Å²) in [7, 11) is 1.30. The van der Waals surface area contributed by atoms with Gasteiger partial charge in [-0.15, -0.1) is 0 Å². The van der Waals surface area contributed by atoms with Crippen molar-refractivity contribution in [3.63, 3.8) is 0 Å². The Morgan fingerprint density at radius 2 is 2.29 bits per heavy atom. The minimum atomic E-state index is -0.694. The number of carbonyl (C=O) groups is 1. The predicted molar refractivity (Wildman–Crippen MR) is 57.6 cm³/mol. The highest BCUT2D eigenvalue weighted by molar-refractivity contribution is 5.92. The lowest BCUT2D eigenvalue weighted by molar-refractivity contribution is 0.0593. The summed E-state index contributed by atoms with van der Waals surface area (Å²) in [6, 6.07) is 8.64. The minimum absolute atomic E-state index is 0.203. The van der Waals surface area contributed by atoms with E-state index in [0.29, 0.717) is 17.9 Å². The Kier molecular flexibility index (Phi) is 3.26. The van der Waals surface area contributed by atoms with Gasteiger partial charge in [0.25, 0.3) is 0 Å². The number of para-hydroxylation sites is 1. The van der Waals surface area contributed by atoms with Crippen LogP contribution >= 0.6 is 0 Å². The van der Waals surface area contributed by atoms with E-state index in [9.17, 15) is 4.79 Å². The second-order valence-corrected chi connectivity index (χ2v) is 3.53. The Labute approximate surface area is 98.5 Å². The Morgan fingerprint density at radius 3 is 2.88 bits per heavy atom. The maximum Gasteiger partial charge on any atom is 0.341 e. The van der Waals surface area contributed by atoms with Crippen molar-refractivity contribution in [1.29, 1.82) is 5.26 Å². The molecule has 2 rings (SSSR count). The van der Waals surface area contributed by atoms with Gasteiger partial charge in [0.15, 0.2) is 0 Å². The van der Waals surface area contributed by atoms with Crippen LogP contribution in [0.2, 0.25) is 0 Å². The number of benzene rings is 1. The summed E-state index contributed by atoms with van der Waals surface area (Å²) in [5, 5.41) is 8.91. The molecule has 1 aromatic carbocycles. The van der Waals surface area contributed by atoms with Crippen molar-refractivity contribution in [3.05, 3.63) is 29.8 Å². The highest BCUT2D eigenvalue weighted by atomic mass is 16.6. The Hall–Kier alpha value is -2.06. The van der Waals surface area contributed by atoms with Crippen LogP contribution in [0.25, 0.3) is 0 Å². The average Bonchev–Trinajstić information content (AvgIpc) is 3.19. The molecular formula is C12H11NO4. The smallest absolute Gasteiger partial charge is 0.341 e. The van der Waals surface area contributed by atoms with Crippen molar-refractivity contribution in [3.8, 4) is 11.8 Å². The number of epoxide rings is 1. The van der Waals surface area contributed by atoms with Gasteiger partial charge >= 0.3 is 5.97 Å². The monoisotopic (exact) mass is 233 g/mol. The van der Waals surface area contributed by atoms with Crippen LogP contribution in [-0.2, 0) is 9.47 Å². The third-order valence-corrected chi connectivity index (χ3v) is 2.37. The van der Waals surface area contributed by atoms with Gasteiger partial charge in [0.1, 0.15) is 23.5 Å². The molecule has 5 nitrogen and oxygen atoms in total. The molecule has 1 aliphatic heterocycles. The zero-order valence-corrected chi connectivity index (χ0v) is 9.25. The van der Waals surface area contributed by atoms with Gasteiger partial charge in [0.2, 0.25) is 6.10 Å². The molecule has 17 heavy (non-hydrogen) atoms. The quantitative estimate of drug-likeness (QED) is 0.576. The summed E-state index contributed by atoms with van der Waals surface area (Å²) < 4.78 is 15.1. The van der Waals surface area contributed by atoms with E-state index < -0.39 is 12.1 Å². The first-order chi connectivity index (χ1) is 8.26. The van der Waals surface area contributed by atoms with E-state index in [2.05, 4.69) is 4.74 Å². The van der Waals surface area contributed by atoms with E-state index >= 15 is 0 Å². The molecule has 1 unspecified atom stereocenters. The first-order valence-electron chi connectivity index (χ1n) is 5.11. The third kappa shape index (κ3) is 2.55. The molecule has 0 spiro atoms. The topological polar surface area (TPSA) is 71.8 Å². The molecule has 0 bridgehead atoms. The summed E-state index contributed by atoms with van der Waals surface area (Å²) in [5.74, 6) is -0.157. The molecule has 1 aromatic rings. The molecule has 0 saturated carbocycles. The fraction of sp³-hybridized carbons (Fsp3) is 0.333. The van der Waals surface area contributed by atoms with E-state index in [1.165, 1.54) is 7.11 Å². The number of nitrogens with zero attached hydrogens (tertiary/aromatic N) is 1. The third-order valence-electron chi connectivity index (χ3n) is 2.37. The Balaban J connectivity index is 2.19. The average molecular weight is 233 g/mol. The molecule has 1 heterocycles. The molecule has 1 aliphatic rings. The van der Waals surface area contributed by atoms with Gasteiger partial charge < -0.3 is 14.2 Å². The van der Waals surface area contributed by atoms with Crippen LogP contribution in [0.3, 0.4) is 0 Å². The molecule has 0 N–H and O–H groups in total. The van der Waals surface area contributed by atoms with Crippen LogP contribution in [0.4, 0.5) is 0 Å². The summed E-state index contributed by atoms with van der Waals surface area (Å²) in [5.41, 5.74) is 0.302. The van der Waals surface area contributed by atoms with Gasteiger partial charge in [0.05, 0.1) is 13.7 Å². The first kappa shape index (κ1) is 11.4. The zero-order chi connectivity index (χ0) is 12.3. The highest BCUT2D eigenvalue weighted by Gasteiger charge is 2.35. The van der Waals surface area contributed by atoms with E-state index in [-0.39, 0.29) is 6.10 Å². The van der Waals surface area contributed by atoms with Crippen molar-refractivity contribution in [1.82, 2.24) is 0 Å². The van der Waals surface area contributed by atoms with Crippen LogP contribution in [-0.4, -0.2) is 31.9 Å². The number of methoxy groups -OCH3 is 1. The number of ether oxygens (including phenoxy) is 3. The summed E-state index contributed by atoms with van der Waals surface area (Å²) in [4.78, 5) is 11.5. The van der Waals surface area contributed by atoms with Gasteiger partial charge in [-0.1, -0.05) is 12.1 Å². The number of hydrogen-bond acceptors (Lipinski definition) is 5. The van der Waals surface area contributed by atoms with Gasteiger partial charge in [-0.2, -0.15) is 5.26 Å². The number of esters is 1. The number of hydrogen-bond donors (Lipinski definition) is 0. The molecule has 0 radical (unpaired) electrons. The maximum absolute atomic E-state index is 11.5. The minimum Gasteiger partial charge on any atom is -0.472 e. The van der Waals surface area contributed by atoms with E-state index in [1.807, 2.05) is 6.07 Å². The molecule has 5 heteroatoms. The van der Waals surface area contributed by atoms with Crippen LogP contribution in [0.15, 0.2) is 24.3 Å². The molecular weight excluding hydrogens is 222 g/mol. The molecule has 88 valence electrons. The van der Waals surface area contributed by atoms with Crippen LogP contribution in [0.1, 0.15) is 10.4 Å². The van der Waals surface area contributed by atoms with Gasteiger partial charge in [-0.05, 0) is 12.1 Å². The lowest BCUT2D eigenvalue weighted by atomic mass is 10.2. The SMILES string of the molecule is COC(=O)c1ccccc1OC(C#N)[C@H]1CO1. The van der Waals surface area contributed by atoms with Gasteiger partial charge in [-0.25, -0.2) is 4.79 Å². The summed E-state index contributed by atoms with van der Waals surface area (Å²) >= 11 is 0. The molecule has 0 amide bonds. The molecule has 0 aromatic heterocycles. The molecule has 0 aliphatic carbocycles. The van der Waals surface area contributed by atoms with E-state index in [0.717, 1.165) is 0 Å². The van der Waals surface area contributed by atoms with Gasteiger partial charge in [-0.3, -0.25) is 0 Å². The lowest BCUT2D eigenvalue weighted by Gasteiger charge is -2.12. The normalized spacial score (nSPS) is 18.9. The van der Waals surface area contributed by atoms with Crippen LogP contribution in [0, 0.1) is 11.3 Å². The zero-order valence-electron chi connectivity index (χ0n) is 9.25. The van der Waals surface area contributed by atoms with Crippen molar-refractivity contribution >= 4 is 5.97 Å². The first-order valence-corrected chi connectivity index (χ1v) is 5.11. The van der Waals surface area contributed by atoms with Crippen molar-refractivity contribution in [2.24, 2.45) is 0 Å². The lowest BCUT2D eigenvalue weighted by Crippen LogP contribution is -2.22. The second kappa shape index (κ2) is 4.85. The maximum atomic E-state index is 11.5. The van der Waals surface area contributed by atoms with Crippen molar-refractivity contribution in [2.45, 2.75) is 12.2 Å². The molecule has 1 fully saturated rings. The standard InChI is InChI=1S/C12H11NO4/c1-15-12(14)8-4-2-3-5-9(8)17-10(6-13)11-7-16-11/h2-5,10-11H,7H2,1H3/t10?,11-/m1/s1. The van der Waals surface area contributed by atoms with E-state index in [1.54, 1.807) is 24.3 Å². The Bertz CT molecular complexity index is 462. The van der Waals surface area contributed by atoms with Crippen LogP contribution in [0.5, 0.6) is 5.75 Å². The van der Waals surface area contributed by atoms with Crippen molar-refractivity contribution < 1.29 is 19.0 Å². The number of nitriles is 1. The van der Waals surface area contributed by atoms with Crippen LogP contribution < -0.4 is 4.74 Å².